The minimum Gasteiger partial charge on any atom is -0.243 e. The first-order valence-electron chi connectivity index (χ1n) is 4.61. The van der Waals surface area contributed by atoms with Gasteiger partial charge in [-0.25, -0.2) is 9.78 Å². The molecule has 0 radical (unpaired) electrons. The maximum atomic E-state index is 12.0. The second kappa shape index (κ2) is 5.47. The largest absolute Gasteiger partial charge is 0.373 e. The normalized spacial score (nSPS) is 12.7. The van der Waals surface area contributed by atoms with Crippen LogP contribution >= 0.6 is 69.6 Å². The molecule has 0 aliphatic carbocycles. The Bertz CT molecular complexity index is 631. The van der Waals surface area contributed by atoms with E-state index in [0.29, 0.717) is 4.68 Å². The van der Waals surface area contributed by atoms with Gasteiger partial charge in [0.25, 0.3) is 0 Å². The van der Waals surface area contributed by atoms with E-state index in [1.165, 1.54) is 0 Å². The molecule has 2 heterocycles. The van der Waals surface area contributed by atoms with Crippen LogP contribution in [0, 0.1) is 0 Å². The quantitative estimate of drug-likeness (QED) is 0.690. The molecule has 20 heavy (non-hydrogen) atoms. The van der Waals surface area contributed by atoms with Crippen molar-refractivity contribution in [3.8, 4) is 0 Å². The number of alkyl halides is 5. The highest BCUT2D eigenvalue weighted by molar-refractivity contribution is 6.75. The number of halogens is 6. The maximum Gasteiger partial charge on any atom is 0.373 e. The lowest BCUT2D eigenvalue weighted by Crippen LogP contribution is -2.30. The number of rotatable bonds is 1. The van der Waals surface area contributed by atoms with E-state index in [-0.39, 0.29) is 11.1 Å². The fourth-order valence-electron chi connectivity index (χ4n) is 1.08. The molecule has 7 nitrogen and oxygen atoms in total. The first-order valence-corrected chi connectivity index (χ1v) is 6.88. The molecule has 0 saturated carbocycles. The first-order chi connectivity index (χ1) is 9.14. The van der Waals surface area contributed by atoms with Gasteiger partial charge in [0.2, 0.25) is 13.4 Å². The predicted molar refractivity (Wildman–Crippen MR) is 74.9 cm³/mol. The molecule has 0 unspecified atom stereocenters. The first kappa shape index (κ1) is 16.1. The monoisotopic (exact) mass is 396 g/mol. The number of nitrogens with zero attached hydrogens (tertiary/aromatic N) is 6. The Morgan fingerprint density at radius 3 is 2.35 bits per heavy atom. The summed E-state index contributed by atoms with van der Waals surface area (Å²) in [6, 6.07) is -0.764. The molecule has 13 heteroatoms. The number of hydrogen-bond donors (Lipinski definition) is 0. The van der Waals surface area contributed by atoms with Gasteiger partial charge in [-0.05, 0) is 11.6 Å². The van der Waals surface area contributed by atoms with Crippen molar-refractivity contribution in [2.75, 3.05) is 0 Å². The Morgan fingerprint density at radius 1 is 1.20 bits per heavy atom. The van der Waals surface area contributed by atoms with Gasteiger partial charge in [0.05, 0.1) is 0 Å². The fraction of sp³-hybridized carbons (Fsp3) is 0.286. The average Bonchev–Trinajstić information content (AvgIpc) is 2.95. The van der Waals surface area contributed by atoms with Crippen LogP contribution in [0.25, 0.3) is 0 Å². The summed E-state index contributed by atoms with van der Waals surface area (Å²) < 4.78 is -2.69. The molecular weight excluding hydrogens is 397 g/mol. The smallest absolute Gasteiger partial charge is 0.243 e. The van der Waals surface area contributed by atoms with Gasteiger partial charge >= 0.3 is 6.03 Å². The molecule has 0 aromatic carbocycles. The van der Waals surface area contributed by atoms with Crippen molar-refractivity contribution >= 4 is 75.6 Å². The van der Waals surface area contributed by atoms with E-state index in [9.17, 15) is 4.79 Å². The SMILES string of the molecule is O=C(n1cncn1)n1nc(C(Cl)(Cl)C(Cl)(Cl)Cl)nc1Cl. The van der Waals surface area contributed by atoms with Gasteiger partial charge in [0, 0.05) is 0 Å². The zero-order chi connectivity index (χ0) is 15.1. The summed E-state index contributed by atoms with van der Waals surface area (Å²) in [5.41, 5.74) is 0. The summed E-state index contributed by atoms with van der Waals surface area (Å²) in [5, 5.41) is 7.01. The standard InChI is InChI=1S/C7H2Cl6N6O/c8-4-16-3(6(9,10)7(11,12)13)17-19(4)5(20)18-2-14-1-15-18/h1-2H. The third kappa shape index (κ3) is 2.84. The van der Waals surface area contributed by atoms with Crippen LogP contribution in [0.1, 0.15) is 5.82 Å². The van der Waals surface area contributed by atoms with Crippen LogP contribution in [0.15, 0.2) is 12.7 Å². The van der Waals surface area contributed by atoms with Crippen LogP contribution in [0.4, 0.5) is 4.79 Å². The highest BCUT2D eigenvalue weighted by Gasteiger charge is 2.51. The minimum atomic E-state index is -2.14. The van der Waals surface area contributed by atoms with E-state index >= 15 is 0 Å². The zero-order valence-electron chi connectivity index (χ0n) is 9.01. The van der Waals surface area contributed by atoms with Crippen molar-refractivity contribution in [2.24, 2.45) is 0 Å². The molecule has 2 aromatic heterocycles. The van der Waals surface area contributed by atoms with Crippen molar-refractivity contribution < 1.29 is 4.79 Å². The number of hydrogen-bond acceptors (Lipinski definition) is 5. The van der Waals surface area contributed by atoms with Crippen molar-refractivity contribution in [1.29, 1.82) is 0 Å². The zero-order valence-corrected chi connectivity index (χ0v) is 13.5. The summed E-state index contributed by atoms with van der Waals surface area (Å²) in [7, 11) is 0. The molecule has 0 fully saturated rings. The molecule has 0 aliphatic rings. The van der Waals surface area contributed by atoms with Crippen LogP contribution in [0.5, 0.6) is 0 Å². The van der Waals surface area contributed by atoms with E-state index in [4.69, 9.17) is 69.6 Å². The van der Waals surface area contributed by atoms with Crippen LogP contribution in [0.3, 0.4) is 0 Å². The van der Waals surface area contributed by atoms with E-state index < -0.39 is 14.2 Å². The third-order valence-corrected chi connectivity index (χ3v) is 4.58. The van der Waals surface area contributed by atoms with E-state index in [0.717, 1.165) is 17.3 Å². The molecule has 0 bridgehead atoms. The number of carbonyl (C=O) groups is 1. The molecule has 0 N–H and O–H groups in total. The highest BCUT2D eigenvalue weighted by atomic mass is 35.6. The molecule has 108 valence electrons. The molecule has 2 aromatic rings. The van der Waals surface area contributed by atoms with Crippen molar-refractivity contribution in [1.82, 2.24) is 29.5 Å². The molecule has 0 saturated heterocycles. The summed E-state index contributed by atoms with van der Waals surface area (Å²) in [6.07, 6.45) is 2.29. The molecule has 0 amide bonds. The summed E-state index contributed by atoms with van der Waals surface area (Å²) in [6.45, 7) is 0. The van der Waals surface area contributed by atoms with E-state index in [2.05, 4.69) is 20.2 Å². The lowest BCUT2D eigenvalue weighted by Gasteiger charge is -2.23. The topological polar surface area (TPSA) is 78.5 Å². The Morgan fingerprint density at radius 2 is 1.85 bits per heavy atom. The van der Waals surface area contributed by atoms with Gasteiger partial charge in [0.1, 0.15) is 12.7 Å². The number of carbonyl (C=O) groups excluding carboxylic acids is 1. The Hall–Kier alpha value is -0.310. The van der Waals surface area contributed by atoms with E-state index in [1.807, 2.05) is 0 Å². The Balaban J connectivity index is 2.43. The summed E-state index contributed by atoms with van der Waals surface area (Å²) in [5.74, 6) is -0.348. The summed E-state index contributed by atoms with van der Waals surface area (Å²) >= 11 is 34.4. The maximum absolute atomic E-state index is 12.0. The Labute approximate surface area is 141 Å². The fourth-order valence-corrected chi connectivity index (χ4v) is 1.68. The molecule has 0 spiro atoms. The average molecular weight is 399 g/mol. The Kier molecular flexibility index (Phi) is 4.40. The van der Waals surface area contributed by atoms with Crippen molar-refractivity contribution in [2.45, 2.75) is 8.13 Å². The molecule has 0 atom stereocenters. The van der Waals surface area contributed by atoms with Crippen LogP contribution in [0.2, 0.25) is 5.28 Å². The van der Waals surface area contributed by atoms with Gasteiger partial charge < -0.3 is 0 Å². The van der Waals surface area contributed by atoms with Gasteiger partial charge in [0.15, 0.2) is 5.82 Å². The summed E-state index contributed by atoms with van der Waals surface area (Å²) in [4.78, 5) is 19.3. The van der Waals surface area contributed by atoms with Crippen molar-refractivity contribution in [3.63, 3.8) is 0 Å². The molecule has 0 aliphatic heterocycles. The van der Waals surface area contributed by atoms with Gasteiger partial charge in [-0.3, -0.25) is 0 Å². The lowest BCUT2D eigenvalue weighted by molar-refractivity contribution is 0.238. The van der Waals surface area contributed by atoms with Gasteiger partial charge in [-0.1, -0.05) is 58.0 Å². The second-order valence-corrected chi connectivity index (χ2v) is 7.26. The highest BCUT2D eigenvalue weighted by Crippen LogP contribution is 2.51. The van der Waals surface area contributed by atoms with E-state index in [1.54, 1.807) is 0 Å². The van der Waals surface area contributed by atoms with Crippen molar-refractivity contribution in [3.05, 3.63) is 23.8 Å². The third-order valence-electron chi connectivity index (χ3n) is 2.00. The second-order valence-electron chi connectivity index (χ2n) is 3.31. The van der Waals surface area contributed by atoms with Crippen LogP contribution < -0.4 is 0 Å². The molecule has 2 rings (SSSR count). The minimum absolute atomic E-state index is 0.333. The molecular formula is C7H2Cl6N6O. The van der Waals surface area contributed by atoms with Crippen LogP contribution in [-0.2, 0) is 4.33 Å². The number of aromatic nitrogens is 6. The van der Waals surface area contributed by atoms with Gasteiger partial charge in [-0.2, -0.15) is 14.8 Å². The van der Waals surface area contributed by atoms with Crippen LogP contribution in [-0.4, -0.2) is 39.4 Å². The predicted octanol–water partition coefficient (Wildman–Crippen LogP) is 3.04. The lowest BCUT2D eigenvalue weighted by atomic mass is 10.4. The van der Waals surface area contributed by atoms with Gasteiger partial charge in [-0.15, -0.1) is 9.78 Å².